The summed E-state index contributed by atoms with van der Waals surface area (Å²) in [5.41, 5.74) is 0.486. The molecular formula is C10H18. The molecule has 1 rings (SSSR count). The summed E-state index contributed by atoms with van der Waals surface area (Å²) < 4.78 is 0. The van der Waals surface area contributed by atoms with E-state index in [1.165, 1.54) is 6.42 Å². The molecule has 58 valence electrons. The summed E-state index contributed by atoms with van der Waals surface area (Å²) in [4.78, 5) is 0. The maximum atomic E-state index is 2.39. The van der Waals surface area contributed by atoms with Crippen LogP contribution in [0.3, 0.4) is 0 Å². The highest BCUT2D eigenvalue weighted by Crippen LogP contribution is 2.42. The zero-order valence-corrected chi connectivity index (χ0v) is 7.52. The minimum Gasteiger partial charge on any atom is -0.0848 e. The SMILES string of the molecule is CCC1(C)C=C[C@H](C)[C@@H]1C. The van der Waals surface area contributed by atoms with E-state index in [0.29, 0.717) is 5.41 Å². The predicted octanol–water partition coefficient (Wildman–Crippen LogP) is 3.24. The summed E-state index contributed by atoms with van der Waals surface area (Å²) in [6, 6.07) is 0. The fourth-order valence-electron chi connectivity index (χ4n) is 1.73. The van der Waals surface area contributed by atoms with Crippen molar-refractivity contribution in [3.05, 3.63) is 12.2 Å². The molecule has 0 saturated carbocycles. The Hall–Kier alpha value is -0.260. The summed E-state index contributed by atoms with van der Waals surface area (Å²) in [6.45, 7) is 9.30. The first kappa shape index (κ1) is 7.84. The summed E-state index contributed by atoms with van der Waals surface area (Å²) in [5, 5.41) is 0. The molecule has 0 nitrogen and oxygen atoms in total. The second kappa shape index (κ2) is 2.41. The van der Waals surface area contributed by atoms with Gasteiger partial charge in [0.1, 0.15) is 0 Å². The maximum absolute atomic E-state index is 2.39. The molecule has 0 aliphatic heterocycles. The van der Waals surface area contributed by atoms with E-state index in [1.807, 2.05) is 0 Å². The maximum Gasteiger partial charge on any atom is -0.0118 e. The summed E-state index contributed by atoms with van der Waals surface area (Å²) in [7, 11) is 0. The first-order valence-corrected chi connectivity index (χ1v) is 4.29. The van der Waals surface area contributed by atoms with E-state index in [0.717, 1.165) is 11.8 Å². The van der Waals surface area contributed by atoms with Crippen molar-refractivity contribution in [3.63, 3.8) is 0 Å². The Morgan fingerprint density at radius 3 is 2.20 bits per heavy atom. The van der Waals surface area contributed by atoms with Crippen molar-refractivity contribution in [2.45, 2.75) is 34.1 Å². The van der Waals surface area contributed by atoms with Gasteiger partial charge in [-0.3, -0.25) is 0 Å². The Balaban J connectivity index is 2.74. The van der Waals surface area contributed by atoms with E-state index < -0.39 is 0 Å². The molecule has 0 spiro atoms. The first-order valence-electron chi connectivity index (χ1n) is 4.29. The molecule has 1 aliphatic carbocycles. The van der Waals surface area contributed by atoms with Gasteiger partial charge < -0.3 is 0 Å². The number of allylic oxidation sites excluding steroid dienone is 2. The van der Waals surface area contributed by atoms with Crippen molar-refractivity contribution in [1.82, 2.24) is 0 Å². The Morgan fingerprint density at radius 1 is 1.40 bits per heavy atom. The normalized spacial score (nSPS) is 46.4. The van der Waals surface area contributed by atoms with E-state index in [9.17, 15) is 0 Å². The molecule has 0 fully saturated rings. The topological polar surface area (TPSA) is 0 Å². The van der Waals surface area contributed by atoms with Gasteiger partial charge >= 0.3 is 0 Å². The Labute approximate surface area is 64.3 Å². The summed E-state index contributed by atoms with van der Waals surface area (Å²) in [5.74, 6) is 1.61. The van der Waals surface area contributed by atoms with Crippen LogP contribution in [0.2, 0.25) is 0 Å². The molecule has 3 atom stereocenters. The average molecular weight is 138 g/mol. The van der Waals surface area contributed by atoms with Crippen molar-refractivity contribution >= 4 is 0 Å². The molecule has 0 heteroatoms. The Morgan fingerprint density at radius 2 is 2.00 bits per heavy atom. The van der Waals surface area contributed by atoms with Gasteiger partial charge in [-0.2, -0.15) is 0 Å². The fourth-order valence-corrected chi connectivity index (χ4v) is 1.73. The van der Waals surface area contributed by atoms with Crippen LogP contribution in [0.15, 0.2) is 12.2 Å². The van der Waals surface area contributed by atoms with Crippen LogP contribution >= 0.6 is 0 Å². The van der Waals surface area contributed by atoms with Crippen molar-refractivity contribution in [1.29, 1.82) is 0 Å². The van der Waals surface area contributed by atoms with E-state index in [1.54, 1.807) is 0 Å². The number of hydrogen-bond acceptors (Lipinski definition) is 0. The van der Waals surface area contributed by atoms with Crippen LogP contribution in [0.1, 0.15) is 34.1 Å². The second-order valence-corrected chi connectivity index (χ2v) is 3.87. The molecule has 0 saturated heterocycles. The molecular weight excluding hydrogens is 120 g/mol. The molecule has 0 bridgehead atoms. The lowest BCUT2D eigenvalue weighted by molar-refractivity contribution is 0.247. The molecule has 0 radical (unpaired) electrons. The third-order valence-corrected chi connectivity index (χ3v) is 3.37. The quantitative estimate of drug-likeness (QED) is 0.488. The average Bonchev–Trinajstić information content (AvgIpc) is 2.19. The monoisotopic (exact) mass is 138 g/mol. The van der Waals surface area contributed by atoms with E-state index in [-0.39, 0.29) is 0 Å². The van der Waals surface area contributed by atoms with Crippen molar-refractivity contribution in [2.75, 3.05) is 0 Å². The first-order chi connectivity index (χ1) is 4.60. The zero-order valence-electron chi connectivity index (χ0n) is 7.52. The van der Waals surface area contributed by atoms with Crippen LogP contribution in [0.4, 0.5) is 0 Å². The lowest BCUT2D eigenvalue weighted by Crippen LogP contribution is -2.21. The highest BCUT2D eigenvalue weighted by Gasteiger charge is 2.33. The van der Waals surface area contributed by atoms with Crippen molar-refractivity contribution in [3.8, 4) is 0 Å². The van der Waals surface area contributed by atoms with Gasteiger partial charge in [-0.15, -0.1) is 0 Å². The molecule has 0 amide bonds. The van der Waals surface area contributed by atoms with Gasteiger partial charge in [-0.25, -0.2) is 0 Å². The van der Waals surface area contributed by atoms with Gasteiger partial charge in [-0.05, 0) is 23.7 Å². The standard InChI is InChI=1S/C10H18/c1-5-10(4)7-6-8(2)9(10)3/h6-9H,5H2,1-4H3/t8-,9-,10?/m0/s1. The van der Waals surface area contributed by atoms with Gasteiger partial charge in [0.15, 0.2) is 0 Å². The highest BCUT2D eigenvalue weighted by atomic mass is 14.4. The van der Waals surface area contributed by atoms with Crippen molar-refractivity contribution in [2.24, 2.45) is 17.3 Å². The lowest BCUT2D eigenvalue weighted by Gasteiger charge is -2.28. The van der Waals surface area contributed by atoms with Crippen LogP contribution in [0, 0.1) is 17.3 Å². The zero-order chi connectivity index (χ0) is 7.78. The molecule has 0 aromatic rings. The van der Waals surface area contributed by atoms with Crippen LogP contribution in [-0.4, -0.2) is 0 Å². The van der Waals surface area contributed by atoms with Gasteiger partial charge in [0.2, 0.25) is 0 Å². The third-order valence-electron chi connectivity index (χ3n) is 3.37. The molecule has 0 heterocycles. The van der Waals surface area contributed by atoms with E-state index in [2.05, 4.69) is 39.8 Å². The smallest absolute Gasteiger partial charge is 0.0118 e. The van der Waals surface area contributed by atoms with Crippen LogP contribution in [0.25, 0.3) is 0 Å². The largest absolute Gasteiger partial charge is 0.0848 e. The molecule has 0 aromatic carbocycles. The lowest BCUT2D eigenvalue weighted by atomic mass is 9.76. The molecule has 0 N–H and O–H groups in total. The fraction of sp³-hybridized carbons (Fsp3) is 0.800. The van der Waals surface area contributed by atoms with Gasteiger partial charge in [-0.1, -0.05) is 39.8 Å². The molecule has 0 aromatic heterocycles. The molecule has 1 unspecified atom stereocenters. The molecule has 10 heavy (non-hydrogen) atoms. The number of rotatable bonds is 1. The van der Waals surface area contributed by atoms with Gasteiger partial charge in [0.25, 0.3) is 0 Å². The summed E-state index contributed by atoms with van der Waals surface area (Å²) >= 11 is 0. The predicted molar refractivity (Wildman–Crippen MR) is 45.9 cm³/mol. The van der Waals surface area contributed by atoms with Crippen molar-refractivity contribution < 1.29 is 0 Å². The molecule has 1 aliphatic rings. The number of hydrogen-bond donors (Lipinski definition) is 0. The van der Waals surface area contributed by atoms with Crippen LogP contribution < -0.4 is 0 Å². The summed E-state index contributed by atoms with van der Waals surface area (Å²) in [6.07, 6.45) is 6.02. The van der Waals surface area contributed by atoms with Gasteiger partial charge in [0.05, 0.1) is 0 Å². The minimum atomic E-state index is 0.486. The van der Waals surface area contributed by atoms with E-state index in [4.69, 9.17) is 0 Å². The van der Waals surface area contributed by atoms with E-state index >= 15 is 0 Å². The van der Waals surface area contributed by atoms with Crippen LogP contribution in [0.5, 0.6) is 0 Å². The van der Waals surface area contributed by atoms with Gasteiger partial charge in [0, 0.05) is 0 Å². The minimum absolute atomic E-state index is 0.486. The highest BCUT2D eigenvalue weighted by molar-refractivity contribution is 5.10. The second-order valence-electron chi connectivity index (χ2n) is 3.87. The van der Waals surface area contributed by atoms with Crippen LogP contribution in [-0.2, 0) is 0 Å². The Bertz CT molecular complexity index is 146. The third kappa shape index (κ3) is 1.00. The Kier molecular flexibility index (Phi) is 1.89.